The quantitative estimate of drug-likeness (QED) is 0.725. The number of carboxylic acid groups (broad SMARTS) is 1. The van der Waals surface area contributed by atoms with Crippen LogP contribution >= 0.6 is 11.3 Å². The molecule has 0 radical (unpaired) electrons. The van der Waals surface area contributed by atoms with E-state index in [0.717, 1.165) is 29.1 Å². The van der Waals surface area contributed by atoms with Crippen LogP contribution in [0.15, 0.2) is 30.3 Å². The average Bonchev–Trinajstić information content (AvgIpc) is 2.93. The Labute approximate surface area is 139 Å². The lowest BCUT2D eigenvalue weighted by molar-refractivity contribution is -0.137. The van der Waals surface area contributed by atoms with Crippen LogP contribution < -0.4 is 5.32 Å². The molecule has 0 aliphatic heterocycles. The zero-order valence-corrected chi connectivity index (χ0v) is 13.9. The maximum atomic E-state index is 12.2. The molecule has 2 rings (SSSR count). The topological polar surface area (TPSA) is 79.3 Å². The van der Waals surface area contributed by atoms with Crippen LogP contribution in [-0.4, -0.2) is 28.5 Å². The molecule has 0 bridgehead atoms. The average molecular weight is 332 g/mol. The molecule has 0 unspecified atom stereocenters. The fraction of sp³-hybridized carbons (Fsp3) is 0.353. The van der Waals surface area contributed by atoms with Crippen molar-refractivity contribution >= 4 is 23.2 Å². The molecule has 5 nitrogen and oxygen atoms in total. The largest absolute Gasteiger partial charge is 0.481 e. The minimum absolute atomic E-state index is 0.111. The lowest BCUT2D eigenvalue weighted by Gasteiger charge is -2.03. The summed E-state index contributed by atoms with van der Waals surface area (Å²) in [7, 11) is 0. The summed E-state index contributed by atoms with van der Waals surface area (Å²) in [5.41, 5.74) is 1.74. The third kappa shape index (κ3) is 5.17. The summed E-state index contributed by atoms with van der Waals surface area (Å²) in [5.74, 6) is -0.886. The number of aryl methyl sites for hydroxylation is 1. The molecule has 122 valence electrons. The van der Waals surface area contributed by atoms with Gasteiger partial charge in [-0.2, -0.15) is 0 Å². The van der Waals surface area contributed by atoms with Gasteiger partial charge in [-0.3, -0.25) is 9.59 Å². The molecule has 0 fully saturated rings. The number of benzene rings is 1. The van der Waals surface area contributed by atoms with Gasteiger partial charge in [0, 0.05) is 18.5 Å². The first-order valence-corrected chi connectivity index (χ1v) is 8.42. The van der Waals surface area contributed by atoms with Crippen LogP contribution in [0.4, 0.5) is 0 Å². The van der Waals surface area contributed by atoms with Crippen LogP contribution in [0.2, 0.25) is 0 Å². The van der Waals surface area contributed by atoms with Gasteiger partial charge in [-0.15, -0.1) is 11.3 Å². The maximum Gasteiger partial charge on any atom is 0.303 e. The van der Waals surface area contributed by atoms with Gasteiger partial charge in [-0.05, 0) is 19.8 Å². The molecule has 0 spiro atoms. The molecule has 6 heteroatoms. The molecule has 0 aliphatic carbocycles. The Morgan fingerprint density at radius 3 is 2.61 bits per heavy atom. The van der Waals surface area contributed by atoms with Gasteiger partial charge in [0.1, 0.15) is 9.88 Å². The second-order valence-electron chi connectivity index (χ2n) is 5.26. The molecular formula is C17H20N2O3S. The molecule has 2 N–H and O–H groups in total. The van der Waals surface area contributed by atoms with Crippen molar-refractivity contribution in [3.8, 4) is 10.6 Å². The lowest BCUT2D eigenvalue weighted by Crippen LogP contribution is -2.24. The van der Waals surface area contributed by atoms with Crippen molar-refractivity contribution < 1.29 is 14.7 Å². The molecule has 1 aromatic carbocycles. The smallest absolute Gasteiger partial charge is 0.303 e. The number of thiazole rings is 1. The van der Waals surface area contributed by atoms with E-state index in [1.54, 1.807) is 0 Å². The van der Waals surface area contributed by atoms with Crippen molar-refractivity contribution in [1.29, 1.82) is 0 Å². The van der Waals surface area contributed by atoms with E-state index < -0.39 is 5.97 Å². The van der Waals surface area contributed by atoms with Gasteiger partial charge >= 0.3 is 5.97 Å². The summed E-state index contributed by atoms with van der Waals surface area (Å²) in [4.78, 5) is 27.7. The van der Waals surface area contributed by atoms with Gasteiger partial charge < -0.3 is 10.4 Å². The number of carboxylic acids is 1. The van der Waals surface area contributed by atoms with E-state index in [2.05, 4.69) is 10.3 Å². The van der Waals surface area contributed by atoms with Crippen LogP contribution in [0.25, 0.3) is 10.6 Å². The van der Waals surface area contributed by atoms with Crippen LogP contribution in [0.5, 0.6) is 0 Å². The monoisotopic (exact) mass is 332 g/mol. The number of amides is 1. The van der Waals surface area contributed by atoms with Crippen molar-refractivity contribution in [2.24, 2.45) is 0 Å². The highest BCUT2D eigenvalue weighted by atomic mass is 32.1. The number of aromatic nitrogens is 1. The standard InChI is InChI=1S/C17H20N2O3S/c1-12-15(16(22)18-11-7-3-6-10-14(20)21)23-17(19-12)13-8-4-2-5-9-13/h2,4-5,8-9H,3,6-7,10-11H2,1H3,(H,18,22)(H,20,21). The molecule has 0 saturated carbocycles. The van der Waals surface area contributed by atoms with Crippen molar-refractivity contribution in [2.45, 2.75) is 32.6 Å². The van der Waals surface area contributed by atoms with E-state index in [0.29, 0.717) is 17.8 Å². The number of hydrogen-bond acceptors (Lipinski definition) is 4. The molecule has 1 amide bonds. The maximum absolute atomic E-state index is 12.2. The minimum atomic E-state index is -0.775. The predicted molar refractivity (Wildman–Crippen MR) is 90.7 cm³/mol. The first-order valence-electron chi connectivity index (χ1n) is 7.61. The summed E-state index contributed by atoms with van der Waals surface area (Å²) in [5, 5.41) is 12.3. The second kappa shape index (κ2) is 8.43. The SMILES string of the molecule is Cc1nc(-c2ccccc2)sc1C(=O)NCCCCCC(=O)O. The molecule has 1 heterocycles. The van der Waals surface area contributed by atoms with Gasteiger partial charge in [0.25, 0.3) is 5.91 Å². The highest BCUT2D eigenvalue weighted by molar-refractivity contribution is 7.17. The van der Waals surface area contributed by atoms with Gasteiger partial charge in [-0.25, -0.2) is 4.98 Å². The van der Waals surface area contributed by atoms with E-state index in [-0.39, 0.29) is 12.3 Å². The van der Waals surface area contributed by atoms with Crippen molar-refractivity contribution in [3.63, 3.8) is 0 Å². The van der Waals surface area contributed by atoms with E-state index in [1.807, 2.05) is 37.3 Å². The Morgan fingerprint density at radius 2 is 1.91 bits per heavy atom. The molecule has 0 aliphatic rings. The Kier molecular flexibility index (Phi) is 6.29. The predicted octanol–water partition coefficient (Wildman–Crippen LogP) is 3.49. The van der Waals surface area contributed by atoms with Crippen LogP contribution in [0.1, 0.15) is 41.0 Å². The Morgan fingerprint density at radius 1 is 1.17 bits per heavy atom. The van der Waals surface area contributed by atoms with E-state index in [9.17, 15) is 9.59 Å². The Bertz CT molecular complexity index is 668. The molecule has 2 aromatic rings. The van der Waals surface area contributed by atoms with Crippen molar-refractivity contribution in [1.82, 2.24) is 10.3 Å². The number of nitrogens with one attached hydrogen (secondary N) is 1. The van der Waals surface area contributed by atoms with Crippen molar-refractivity contribution in [2.75, 3.05) is 6.54 Å². The zero-order chi connectivity index (χ0) is 16.7. The molecular weight excluding hydrogens is 312 g/mol. The summed E-state index contributed by atoms with van der Waals surface area (Å²) >= 11 is 1.39. The van der Waals surface area contributed by atoms with Gasteiger partial charge in [0.15, 0.2) is 0 Å². The normalized spacial score (nSPS) is 10.5. The summed E-state index contributed by atoms with van der Waals surface area (Å²) in [6.45, 7) is 2.39. The first kappa shape index (κ1) is 17.1. The number of rotatable bonds is 8. The van der Waals surface area contributed by atoms with Gasteiger partial charge in [-0.1, -0.05) is 36.8 Å². The number of carbonyl (C=O) groups is 2. The number of hydrogen-bond donors (Lipinski definition) is 2. The number of aliphatic carboxylic acids is 1. The van der Waals surface area contributed by atoms with E-state index in [4.69, 9.17) is 5.11 Å². The minimum Gasteiger partial charge on any atom is -0.481 e. The van der Waals surface area contributed by atoms with Gasteiger partial charge in [0.05, 0.1) is 5.69 Å². The fourth-order valence-electron chi connectivity index (χ4n) is 2.17. The molecule has 23 heavy (non-hydrogen) atoms. The lowest BCUT2D eigenvalue weighted by atomic mass is 10.2. The van der Waals surface area contributed by atoms with Crippen LogP contribution in [0.3, 0.4) is 0 Å². The Balaban J connectivity index is 1.85. The molecule has 1 aromatic heterocycles. The van der Waals surface area contributed by atoms with E-state index >= 15 is 0 Å². The number of unbranched alkanes of at least 4 members (excludes halogenated alkanes) is 2. The number of carbonyl (C=O) groups excluding carboxylic acids is 1. The Hall–Kier alpha value is -2.21. The third-order valence-electron chi connectivity index (χ3n) is 3.38. The highest BCUT2D eigenvalue weighted by Gasteiger charge is 2.15. The van der Waals surface area contributed by atoms with Crippen LogP contribution in [0, 0.1) is 6.92 Å². The highest BCUT2D eigenvalue weighted by Crippen LogP contribution is 2.27. The second-order valence-corrected chi connectivity index (χ2v) is 6.26. The third-order valence-corrected chi connectivity index (χ3v) is 4.58. The zero-order valence-electron chi connectivity index (χ0n) is 13.0. The van der Waals surface area contributed by atoms with Crippen molar-refractivity contribution in [3.05, 3.63) is 40.9 Å². The van der Waals surface area contributed by atoms with Crippen LogP contribution in [-0.2, 0) is 4.79 Å². The number of nitrogens with zero attached hydrogens (tertiary/aromatic N) is 1. The van der Waals surface area contributed by atoms with Gasteiger partial charge in [0.2, 0.25) is 0 Å². The molecule has 0 atom stereocenters. The summed E-state index contributed by atoms with van der Waals surface area (Å²) < 4.78 is 0. The molecule has 0 saturated heterocycles. The summed E-state index contributed by atoms with van der Waals surface area (Å²) in [6.07, 6.45) is 2.40. The van der Waals surface area contributed by atoms with E-state index in [1.165, 1.54) is 11.3 Å². The summed E-state index contributed by atoms with van der Waals surface area (Å²) in [6, 6.07) is 9.79. The first-order chi connectivity index (χ1) is 11.1. The fourth-order valence-corrected chi connectivity index (χ4v) is 3.16.